The third-order valence-corrected chi connectivity index (χ3v) is 3.96. The Bertz CT molecular complexity index is 765. The van der Waals surface area contributed by atoms with Crippen molar-refractivity contribution in [2.24, 2.45) is 0 Å². The zero-order valence-electron chi connectivity index (χ0n) is 12.0. The number of rotatable bonds is 4. The number of hydrogen-bond donors (Lipinski definition) is 0. The molecule has 0 saturated heterocycles. The second-order valence-electron chi connectivity index (χ2n) is 5.43. The van der Waals surface area contributed by atoms with Crippen LogP contribution in [0.5, 0.6) is 0 Å². The number of fused-ring (bicyclic) bond motifs is 2. The second-order valence-corrected chi connectivity index (χ2v) is 5.43. The van der Waals surface area contributed by atoms with Gasteiger partial charge < -0.3 is 0 Å². The van der Waals surface area contributed by atoms with Crippen molar-refractivity contribution in [3.63, 3.8) is 0 Å². The van der Waals surface area contributed by atoms with Crippen molar-refractivity contribution in [1.82, 2.24) is 0 Å². The van der Waals surface area contributed by atoms with E-state index >= 15 is 0 Å². The summed E-state index contributed by atoms with van der Waals surface area (Å²) >= 11 is 0. The van der Waals surface area contributed by atoms with Crippen molar-refractivity contribution in [2.45, 2.75) is 26.2 Å². The van der Waals surface area contributed by atoms with E-state index in [0.717, 1.165) is 6.42 Å². The standard InChI is InChI=1S/C20H20/c1-3-4-8-15(2)19-12-7-11-18-13-16-9-5-6-10-17(16)14-20(18)19/h5-7,9-14H,2-4,8H2,1H3. The summed E-state index contributed by atoms with van der Waals surface area (Å²) in [6.45, 7) is 6.52. The normalized spacial score (nSPS) is 11.1. The van der Waals surface area contributed by atoms with Crippen molar-refractivity contribution in [3.05, 3.63) is 66.7 Å². The summed E-state index contributed by atoms with van der Waals surface area (Å²) in [6.07, 6.45) is 3.51. The van der Waals surface area contributed by atoms with Gasteiger partial charge in [0, 0.05) is 0 Å². The van der Waals surface area contributed by atoms with E-state index in [1.165, 1.54) is 45.5 Å². The molecule has 0 aliphatic heterocycles. The average molecular weight is 260 g/mol. The lowest BCUT2D eigenvalue weighted by Crippen LogP contribution is -1.87. The fraction of sp³-hybridized carbons (Fsp3) is 0.200. The first-order chi connectivity index (χ1) is 9.79. The van der Waals surface area contributed by atoms with Crippen LogP contribution in [0.1, 0.15) is 31.7 Å². The second kappa shape index (κ2) is 5.50. The van der Waals surface area contributed by atoms with Gasteiger partial charge in [0.2, 0.25) is 0 Å². The fourth-order valence-corrected chi connectivity index (χ4v) is 2.80. The zero-order chi connectivity index (χ0) is 13.9. The summed E-state index contributed by atoms with van der Waals surface area (Å²) in [4.78, 5) is 0. The SMILES string of the molecule is C=C(CCCC)c1cccc2cc3ccccc3cc12. The van der Waals surface area contributed by atoms with Crippen LogP contribution >= 0.6 is 0 Å². The molecule has 0 N–H and O–H groups in total. The van der Waals surface area contributed by atoms with Gasteiger partial charge in [-0.3, -0.25) is 0 Å². The van der Waals surface area contributed by atoms with E-state index in [4.69, 9.17) is 0 Å². The summed E-state index contributed by atoms with van der Waals surface area (Å²) in [5, 5.41) is 5.23. The summed E-state index contributed by atoms with van der Waals surface area (Å²) in [7, 11) is 0. The van der Waals surface area contributed by atoms with Gasteiger partial charge in [0.15, 0.2) is 0 Å². The molecule has 0 nitrogen and oxygen atoms in total. The van der Waals surface area contributed by atoms with Crippen LogP contribution in [0, 0.1) is 0 Å². The van der Waals surface area contributed by atoms with E-state index in [0.29, 0.717) is 0 Å². The molecule has 0 radical (unpaired) electrons. The Balaban J connectivity index is 2.17. The van der Waals surface area contributed by atoms with Gasteiger partial charge in [-0.25, -0.2) is 0 Å². The molecular weight excluding hydrogens is 240 g/mol. The van der Waals surface area contributed by atoms with Gasteiger partial charge in [0.1, 0.15) is 0 Å². The quantitative estimate of drug-likeness (QED) is 0.490. The molecule has 20 heavy (non-hydrogen) atoms. The minimum absolute atomic E-state index is 1.09. The number of allylic oxidation sites excluding steroid dienone is 1. The molecular formula is C20H20. The molecule has 0 unspecified atom stereocenters. The average Bonchev–Trinajstić information content (AvgIpc) is 2.50. The minimum Gasteiger partial charge on any atom is -0.0952 e. The highest BCUT2D eigenvalue weighted by atomic mass is 14.1. The van der Waals surface area contributed by atoms with Crippen LogP contribution in [0.15, 0.2) is 61.2 Å². The van der Waals surface area contributed by atoms with Gasteiger partial charge in [-0.15, -0.1) is 0 Å². The van der Waals surface area contributed by atoms with Crippen LogP contribution in [-0.2, 0) is 0 Å². The molecule has 0 heteroatoms. The van der Waals surface area contributed by atoms with E-state index in [1.807, 2.05) is 0 Å². The van der Waals surface area contributed by atoms with Crippen molar-refractivity contribution in [1.29, 1.82) is 0 Å². The first kappa shape index (κ1) is 12.9. The van der Waals surface area contributed by atoms with Gasteiger partial charge in [0.05, 0.1) is 0 Å². The predicted molar refractivity (Wildman–Crippen MR) is 90.0 cm³/mol. The van der Waals surface area contributed by atoms with Gasteiger partial charge in [-0.2, -0.15) is 0 Å². The van der Waals surface area contributed by atoms with Gasteiger partial charge in [0.25, 0.3) is 0 Å². The minimum atomic E-state index is 1.09. The van der Waals surface area contributed by atoms with Crippen molar-refractivity contribution in [3.8, 4) is 0 Å². The molecule has 100 valence electrons. The zero-order valence-corrected chi connectivity index (χ0v) is 12.0. The Morgan fingerprint density at radius 3 is 2.35 bits per heavy atom. The highest BCUT2D eigenvalue weighted by Gasteiger charge is 2.05. The third kappa shape index (κ3) is 2.34. The maximum absolute atomic E-state index is 4.29. The number of benzene rings is 3. The van der Waals surface area contributed by atoms with Crippen LogP contribution in [-0.4, -0.2) is 0 Å². The molecule has 0 bridgehead atoms. The molecule has 0 spiro atoms. The molecule has 3 aromatic carbocycles. The molecule has 0 aliphatic carbocycles. The lowest BCUT2D eigenvalue weighted by molar-refractivity contribution is 0.825. The Hall–Kier alpha value is -2.08. The largest absolute Gasteiger partial charge is 0.0952 e. The molecule has 3 aromatic rings. The van der Waals surface area contributed by atoms with E-state index in [1.54, 1.807) is 0 Å². The highest BCUT2D eigenvalue weighted by molar-refractivity contribution is 6.02. The first-order valence-corrected chi connectivity index (χ1v) is 7.39. The Labute approximate surface area is 120 Å². The maximum atomic E-state index is 4.29. The van der Waals surface area contributed by atoms with E-state index < -0.39 is 0 Å². The summed E-state index contributed by atoms with van der Waals surface area (Å²) < 4.78 is 0. The van der Waals surface area contributed by atoms with Gasteiger partial charge in [-0.1, -0.05) is 62.4 Å². The number of hydrogen-bond acceptors (Lipinski definition) is 0. The maximum Gasteiger partial charge on any atom is -0.0102 e. The highest BCUT2D eigenvalue weighted by Crippen LogP contribution is 2.30. The van der Waals surface area contributed by atoms with Gasteiger partial charge in [-0.05, 0) is 57.7 Å². The Morgan fingerprint density at radius 2 is 1.60 bits per heavy atom. The van der Waals surface area contributed by atoms with Crippen LogP contribution in [0.25, 0.3) is 27.1 Å². The van der Waals surface area contributed by atoms with Crippen LogP contribution in [0.2, 0.25) is 0 Å². The molecule has 0 aromatic heterocycles. The Kier molecular flexibility index (Phi) is 3.56. The molecule has 3 rings (SSSR count). The van der Waals surface area contributed by atoms with E-state index in [9.17, 15) is 0 Å². The summed E-state index contributed by atoms with van der Waals surface area (Å²) in [6, 6.07) is 19.7. The fourth-order valence-electron chi connectivity index (χ4n) is 2.80. The van der Waals surface area contributed by atoms with Crippen molar-refractivity contribution in [2.75, 3.05) is 0 Å². The Morgan fingerprint density at radius 1 is 0.900 bits per heavy atom. The van der Waals surface area contributed by atoms with E-state index in [2.05, 4.69) is 68.1 Å². The molecule has 0 saturated carbocycles. The molecule has 0 aliphatic rings. The van der Waals surface area contributed by atoms with Crippen LogP contribution in [0.4, 0.5) is 0 Å². The van der Waals surface area contributed by atoms with Crippen molar-refractivity contribution < 1.29 is 0 Å². The van der Waals surface area contributed by atoms with Crippen molar-refractivity contribution >= 4 is 27.1 Å². The topological polar surface area (TPSA) is 0 Å². The lowest BCUT2D eigenvalue weighted by atomic mass is 9.94. The molecule has 0 fully saturated rings. The van der Waals surface area contributed by atoms with E-state index in [-0.39, 0.29) is 0 Å². The lowest BCUT2D eigenvalue weighted by Gasteiger charge is -2.10. The first-order valence-electron chi connectivity index (χ1n) is 7.39. The molecule has 0 heterocycles. The third-order valence-electron chi connectivity index (χ3n) is 3.96. The molecule has 0 atom stereocenters. The van der Waals surface area contributed by atoms with Crippen LogP contribution < -0.4 is 0 Å². The monoisotopic (exact) mass is 260 g/mol. The summed E-state index contributed by atoms with van der Waals surface area (Å²) in [5.74, 6) is 0. The predicted octanol–water partition coefficient (Wildman–Crippen LogP) is 6.20. The number of unbranched alkanes of at least 4 members (excludes halogenated alkanes) is 1. The summed E-state index contributed by atoms with van der Waals surface area (Å²) in [5.41, 5.74) is 2.56. The molecule has 0 amide bonds. The van der Waals surface area contributed by atoms with Gasteiger partial charge >= 0.3 is 0 Å². The van der Waals surface area contributed by atoms with Crippen LogP contribution in [0.3, 0.4) is 0 Å². The smallest absolute Gasteiger partial charge is 0.0102 e.